The van der Waals surface area contributed by atoms with Crippen molar-refractivity contribution >= 4 is 24.0 Å². The summed E-state index contributed by atoms with van der Waals surface area (Å²) in [6.07, 6.45) is 15.6. The van der Waals surface area contributed by atoms with Gasteiger partial charge in [-0.3, -0.25) is 9.59 Å². The highest BCUT2D eigenvalue weighted by molar-refractivity contribution is 5.84. The Bertz CT molecular complexity index is 974. The van der Waals surface area contributed by atoms with Gasteiger partial charge in [-0.2, -0.15) is 0 Å². The molecule has 5 rings (SSSR count). The molecule has 0 atom stereocenters. The van der Waals surface area contributed by atoms with Crippen LogP contribution >= 0.6 is 0 Å². The zero-order valence-corrected chi connectivity index (χ0v) is 29.3. The monoisotopic (exact) mass is 674 g/mol. The lowest BCUT2D eigenvalue weighted by atomic mass is 9.70. The van der Waals surface area contributed by atoms with Crippen LogP contribution in [0.4, 0.5) is 9.59 Å². The molecular formula is C36H62N6O6. The van der Waals surface area contributed by atoms with Crippen LogP contribution in [0.2, 0.25) is 0 Å². The van der Waals surface area contributed by atoms with Gasteiger partial charge in [0.15, 0.2) is 0 Å². The van der Waals surface area contributed by atoms with Crippen molar-refractivity contribution in [2.45, 2.75) is 128 Å². The van der Waals surface area contributed by atoms with Gasteiger partial charge < -0.3 is 40.5 Å². The Morgan fingerprint density at radius 2 is 0.792 bits per heavy atom. The van der Waals surface area contributed by atoms with Gasteiger partial charge in [0.2, 0.25) is 11.8 Å². The van der Waals surface area contributed by atoms with Gasteiger partial charge >= 0.3 is 12.2 Å². The molecule has 0 spiro atoms. The SMILES string of the molecule is NCCC1(C(=O)N2CCN(C(=O)OC3CCCC(OC(=O)N4CCN(C(=O)C5(CCN)CCCCC5)CC4)CCC3)CC2)CCCCC1. The third-order valence-electron chi connectivity index (χ3n) is 12.1. The molecule has 0 aromatic rings. The smallest absolute Gasteiger partial charge is 0.410 e. The van der Waals surface area contributed by atoms with E-state index in [9.17, 15) is 19.2 Å². The fourth-order valence-electron chi connectivity index (χ4n) is 9.11. The maximum Gasteiger partial charge on any atom is 0.410 e. The van der Waals surface area contributed by atoms with Crippen molar-refractivity contribution in [3.63, 3.8) is 0 Å². The van der Waals surface area contributed by atoms with Crippen molar-refractivity contribution < 1.29 is 28.7 Å². The second kappa shape index (κ2) is 17.4. The van der Waals surface area contributed by atoms with E-state index in [-0.39, 0.29) is 47.0 Å². The first-order valence-electron chi connectivity index (χ1n) is 19.2. The van der Waals surface area contributed by atoms with E-state index in [0.29, 0.717) is 65.4 Å². The van der Waals surface area contributed by atoms with Crippen molar-refractivity contribution in [3.05, 3.63) is 0 Å². The molecule has 2 saturated heterocycles. The highest BCUT2D eigenvalue weighted by atomic mass is 16.6. The Kier molecular flexibility index (Phi) is 13.3. The number of carbonyl (C=O) groups excluding carboxylic acids is 4. The van der Waals surface area contributed by atoms with Crippen molar-refractivity contribution in [3.8, 4) is 0 Å². The fourth-order valence-corrected chi connectivity index (χ4v) is 9.11. The van der Waals surface area contributed by atoms with E-state index in [1.807, 2.05) is 9.80 Å². The molecule has 0 aromatic heterocycles. The molecule has 272 valence electrons. The van der Waals surface area contributed by atoms with E-state index in [0.717, 1.165) is 103 Å². The van der Waals surface area contributed by atoms with Gasteiger partial charge in [0.25, 0.3) is 0 Å². The number of amides is 4. The molecule has 0 bridgehead atoms. The summed E-state index contributed by atoms with van der Waals surface area (Å²) in [4.78, 5) is 60.6. The van der Waals surface area contributed by atoms with Crippen LogP contribution in [-0.4, -0.2) is 121 Å². The minimum absolute atomic E-state index is 0.152. The first kappa shape index (κ1) is 36.7. The summed E-state index contributed by atoms with van der Waals surface area (Å²) >= 11 is 0. The summed E-state index contributed by atoms with van der Waals surface area (Å²) in [5.74, 6) is 0.443. The average Bonchev–Trinajstić information content (AvgIpc) is 3.10. The Balaban J connectivity index is 0.996. The number of rotatable bonds is 8. The van der Waals surface area contributed by atoms with E-state index in [1.165, 1.54) is 12.8 Å². The van der Waals surface area contributed by atoms with Gasteiger partial charge in [-0.05, 0) is 90.1 Å². The largest absolute Gasteiger partial charge is 0.446 e. The minimum atomic E-state index is -0.321. The Morgan fingerprint density at radius 3 is 1.10 bits per heavy atom. The van der Waals surface area contributed by atoms with Crippen LogP contribution in [-0.2, 0) is 19.1 Å². The lowest BCUT2D eigenvalue weighted by Crippen LogP contribution is -2.55. The van der Waals surface area contributed by atoms with Gasteiger partial charge in [0.1, 0.15) is 12.2 Å². The molecule has 12 nitrogen and oxygen atoms in total. The third kappa shape index (κ3) is 8.94. The van der Waals surface area contributed by atoms with Crippen LogP contribution in [0.25, 0.3) is 0 Å². The topological polar surface area (TPSA) is 152 Å². The number of nitrogens with two attached hydrogens (primary N) is 2. The standard InChI is InChI=1S/C36H62N6O6/c37-19-17-35(13-3-1-4-14-35)31(43)39-21-25-41(26-22-39)33(45)47-29-9-7-11-30(12-8-10-29)48-34(46)42-27-23-40(24-28-42)32(44)36(18-20-38)15-5-2-6-16-36/h29-30H,1-28,37-38H2. The summed E-state index contributed by atoms with van der Waals surface area (Å²) in [7, 11) is 0. The van der Waals surface area contributed by atoms with Crippen molar-refractivity contribution in [1.82, 2.24) is 19.6 Å². The molecule has 4 N–H and O–H groups in total. The van der Waals surface area contributed by atoms with E-state index in [1.54, 1.807) is 9.80 Å². The molecule has 3 aliphatic carbocycles. The van der Waals surface area contributed by atoms with Crippen LogP contribution in [0.5, 0.6) is 0 Å². The molecule has 2 heterocycles. The molecule has 3 saturated carbocycles. The molecule has 0 unspecified atom stereocenters. The average molecular weight is 675 g/mol. The number of ether oxygens (including phenoxy) is 2. The summed E-state index contributed by atoms with van der Waals surface area (Å²) in [5, 5.41) is 0. The molecule has 2 aliphatic heterocycles. The maximum atomic E-state index is 13.5. The summed E-state index contributed by atoms with van der Waals surface area (Å²) in [5.41, 5.74) is 11.2. The normalized spacial score (nSPS) is 26.6. The Morgan fingerprint density at radius 1 is 0.479 bits per heavy atom. The second-order valence-corrected chi connectivity index (χ2v) is 15.2. The predicted octanol–water partition coefficient (Wildman–Crippen LogP) is 4.24. The number of nitrogens with zero attached hydrogens (tertiary/aromatic N) is 4. The molecule has 5 fully saturated rings. The van der Waals surface area contributed by atoms with Crippen LogP contribution in [0, 0.1) is 10.8 Å². The Labute approximate surface area is 287 Å². The quantitative estimate of drug-likeness (QED) is 0.388. The predicted molar refractivity (Wildman–Crippen MR) is 183 cm³/mol. The highest BCUT2D eigenvalue weighted by Crippen LogP contribution is 2.42. The highest BCUT2D eigenvalue weighted by Gasteiger charge is 2.43. The number of carbonyl (C=O) groups is 4. The van der Waals surface area contributed by atoms with Crippen LogP contribution in [0.3, 0.4) is 0 Å². The number of piperazine rings is 2. The van der Waals surface area contributed by atoms with E-state index in [2.05, 4.69) is 0 Å². The van der Waals surface area contributed by atoms with Crippen LogP contribution in [0.15, 0.2) is 0 Å². The lowest BCUT2D eigenvalue weighted by molar-refractivity contribution is -0.147. The third-order valence-corrected chi connectivity index (χ3v) is 12.1. The number of hydrogen-bond acceptors (Lipinski definition) is 8. The van der Waals surface area contributed by atoms with Gasteiger partial charge in [0, 0.05) is 52.4 Å². The van der Waals surface area contributed by atoms with Gasteiger partial charge in [-0.1, -0.05) is 38.5 Å². The molecule has 0 aromatic carbocycles. The van der Waals surface area contributed by atoms with E-state index in [4.69, 9.17) is 20.9 Å². The lowest BCUT2D eigenvalue weighted by Gasteiger charge is -2.43. The fraction of sp³-hybridized carbons (Fsp3) is 0.889. The van der Waals surface area contributed by atoms with E-state index < -0.39 is 0 Å². The van der Waals surface area contributed by atoms with Gasteiger partial charge in [0.05, 0.1) is 10.8 Å². The molecular weight excluding hydrogens is 612 g/mol. The van der Waals surface area contributed by atoms with E-state index >= 15 is 0 Å². The first-order chi connectivity index (χ1) is 23.3. The van der Waals surface area contributed by atoms with Crippen molar-refractivity contribution in [2.75, 3.05) is 65.4 Å². The zero-order chi connectivity index (χ0) is 34.0. The first-order valence-corrected chi connectivity index (χ1v) is 19.2. The maximum absolute atomic E-state index is 13.5. The molecule has 48 heavy (non-hydrogen) atoms. The summed E-state index contributed by atoms with van der Waals surface area (Å²) in [6.45, 7) is 5.18. The summed E-state index contributed by atoms with van der Waals surface area (Å²) in [6, 6.07) is 0. The van der Waals surface area contributed by atoms with Crippen molar-refractivity contribution in [2.24, 2.45) is 22.3 Å². The van der Waals surface area contributed by atoms with Crippen LogP contribution < -0.4 is 11.5 Å². The Hall–Kier alpha value is -2.60. The molecule has 0 radical (unpaired) electrons. The molecule has 4 amide bonds. The van der Waals surface area contributed by atoms with Gasteiger partial charge in [-0.15, -0.1) is 0 Å². The number of hydrogen-bond donors (Lipinski definition) is 2. The zero-order valence-electron chi connectivity index (χ0n) is 29.3. The molecule has 12 heteroatoms. The minimum Gasteiger partial charge on any atom is -0.446 e. The second-order valence-electron chi connectivity index (χ2n) is 15.2. The van der Waals surface area contributed by atoms with Crippen molar-refractivity contribution in [1.29, 1.82) is 0 Å². The van der Waals surface area contributed by atoms with Gasteiger partial charge in [-0.25, -0.2) is 9.59 Å². The summed E-state index contributed by atoms with van der Waals surface area (Å²) < 4.78 is 11.9. The van der Waals surface area contributed by atoms with Crippen LogP contribution in [0.1, 0.15) is 116 Å². The molecule has 5 aliphatic rings.